The van der Waals surface area contributed by atoms with Crippen molar-refractivity contribution in [3.63, 3.8) is 0 Å². The van der Waals surface area contributed by atoms with Crippen molar-refractivity contribution in [3.05, 3.63) is 16.0 Å². The normalized spacial score (nSPS) is 24.7. The van der Waals surface area contributed by atoms with E-state index in [2.05, 4.69) is 30.1 Å². The number of nitriles is 1. The molecule has 1 aromatic rings. The molecule has 1 amide bonds. The lowest BCUT2D eigenvalue weighted by molar-refractivity contribution is -0.118. The number of nitrogens with one attached hydrogen (secondary N) is 1. The minimum atomic E-state index is 0.0156. The monoisotopic (exact) mass is 331 g/mol. The van der Waals surface area contributed by atoms with Crippen LogP contribution in [-0.4, -0.2) is 29.9 Å². The molecular formula is C18H25N3OS. The van der Waals surface area contributed by atoms with Gasteiger partial charge >= 0.3 is 0 Å². The van der Waals surface area contributed by atoms with Crippen molar-refractivity contribution in [2.75, 3.05) is 18.4 Å². The van der Waals surface area contributed by atoms with Crippen LogP contribution < -0.4 is 5.32 Å². The highest BCUT2D eigenvalue weighted by atomic mass is 32.1. The first-order valence-corrected chi connectivity index (χ1v) is 9.48. The van der Waals surface area contributed by atoms with Gasteiger partial charge in [0.15, 0.2) is 0 Å². The fourth-order valence-electron chi connectivity index (χ4n) is 3.70. The van der Waals surface area contributed by atoms with Crippen molar-refractivity contribution in [1.82, 2.24) is 4.90 Å². The molecule has 2 aliphatic rings. The van der Waals surface area contributed by atoms with Crippen LogP contribution in [0, 0.1) is 17.2 Å². The molecule has 2 unspecified atom stereocenters. The van der Waals surface area contributed by atoms with E-state index < -0.39 is 0 Å². The molecule has 0 aromatic carbocycles. The molecule has 2 heterocycles. The summed E-state index contributed by atoms with van der Waals surface area (Å²) in [6, 6.07) is 2.79. The first kappa shape index (κ1) is 16.5. The number of likely N-dealkylation sites (tertiary alicyclic amines) is 1. The Morgan fingerprint density at radius 1 is 1.39 bits per heavy atom. The third-order valence-corrected chi connectivity index (χ3v) is 6.33. The molecule has 1 aliphatic heterocycles. The van der Waals surface area contributed by atoms with Gasteiger partial charge in [-0.25, -0.2) is 0 Å². The predicted octanol–water partition coefficient (Wildman–Crippen LogP) is 3.56. The molecule has 3 rings (SSSR count). The third kappa shape index (κ3) is 3.59. The van der Waals surface area contributed by atoms with E-state index in [1.165, 1.54) is 29.7 Å². The zero-order chi connectivity index (χ0) is 16.4. The van der Waals surface area contributed by atoms with Gasteiger partial charge in [0.25, 0.3) is 0 Å². The van der Waals surface area contributed by atoms with Gasteiger partial charge in [-0.05, 0) is 57.1 Å². The first-order valence-electron chi connectivity index (χ1n) is 8.67. The number of carbonyl (C=O) groups is 1. The maximum atomic E-state index is 12.4. The zero-order valence-electron chi connectivity index (χ0n) is 14.0. The van der Waals surface area contributed by atoms with Crippen LogP contribution in [0.2, 0.25) is 0 Å². The van der Waals surface area contributed by atoms with Crippen LogP contribution in [0.25, 0.3) is 0 Å². The summed E-state index contributed by atoms with van der Waals surface area (Å²) in [6.07, 6.45) is 6.74. The second-order valence-corrected chi connectivity index (χ2v) is 8.14. The number of nitrogens with zero attached hydrogens (tertiary/aromatic N) is 2. The maximum absolute atomic E-state index is 12.4. The predicted molar refractivity (Wildman–Crippen MR) is 93.7 cm³/mol. The zero-order valence-corrected chi connectivity index (χ0v) is 14.8. The van der Waals surface area contributed by atoms with Crippen molar-refractivity contribution in [2.45, 2.75) is 58.4 Å². The van der Waals surface area contributed by atoms with E-state index in [4.69, 9.17) is 0 Å². The summed E-state index contributed by atoms with van der Waals surface area (Å²) in [4.78, 5) is 16.0. The first-order chi connectivity index (χ1) is 11.1. The van der Waals surface area contributed by atoms with Crippen molar-refractivity contribution < 1.29 is 4.79 Å². The molecule has 2 atom stereocenters. The van der Waals surface area contributed by atoms with E-state index in [0.29, 0.717) is 24.1 Å². The van der Waals surface area contributed by atoms with Gasteiger partial charge in [-0.2, -0.15) is 5.26 Å². The second kappa shape index (κ2) is 7.02. The van der Waals surface area contributed by atoms with Crippen molar-refractivity contribution in [1.29, 1.82) is 5.26 Å². The van der Waals surface area contributed by atoms with Gasteiger partial charge < -0.3 is 5.32 Å². The molecule has 23 heavy (non-hydrogen) atoms. The lowest BCUT2D eigenvalue weighted by Crippen LogP contribution is -2.42. The molecule has 0 spiro atoms. The van der Waals surface area contributed by atoms with Crippen molar-refractivity contribution >= 4 is 22.2 Å². The van der Waals surface area contributed by atoms with Gasteiger partial charge in [0.2, 0.25) is 5.91 Å². The molecule has 124 valence electrons. The van der Waals surface area contributed by atoms with Crippen LogP contribution in [0.5, 0.6) is 0 Å². The standard InChI is InChI=1S/C18H25N3OS/c1-12-6-7-14-15(10-19)18(23-16(14)9-12)20-17(22)11-21-8-4-3-5-13(21)2/h12-13H,3-9,11H2,1-2H3,(H,20,22). The van der Waals surface area contributed by atoms with Gasteiger partial charge in [0.1, 0.15) is 11.1 Å². The minimum absolute atomic E-state index is 0.0156. The Labute approximate surface area is 142 Å². The van der Waals surface area contributed by atoms with Gasteiger partial charge in [-0.15, -0.1) is 11.3 Å². The minimum Gasteiger partial charge on any atom is -0.315 e. The Bertz CT molecular complexity index is 631. The van der Waals surface area contributed by atoms with E-state index >= 15 is 0 Å². The van der Waals surface area contributed by atoms with Crippen LogP contribution in [0.1, 0.15) is 55.5 Å². The van der Waals surface area contributed by atoms with Crippen LogP contribution in [0.4, 0.5) is 5.00 Å². The van der Waals surface area contributed by atoms with E-state index in [0.717, 1.165) is 30.8 Å². The number of hydrogen-bond donors (Lipinski definition) is 1. The number of fused-ring (bicyclic) bond motifs is 1. The fraction of sp³-hybridized carbons (Fsp3) is 0.667. The van der Waals surface area contributed by atoms with E-state index in [9.17, 15) is 10.1 Å². The molecule has 1 N–H and O–H groups in total. The Kier molecular flexibility index (Phi) is 5.03. The number of rotatable bonds is 3. The second-order valence-electron chi connectivity index (χ2n) is 7.03. The van der Waals surface area contributed by atoms with E-state index in [1.54, 1.807) is 11.3 Å². The number of anilines is 1. The molecule has 1 aliphatic carbocycles. The average molecular weight is 331 g/mol. The lowest BCUT2D eigenvalue weighted by Gasteiger charge is -2.32. The summed E-state index contributed by atoms with van der Waals surface area (Å²) in [7, 11) is 0. The van der Waals surface area contributed by atoms with Gasteiger partial charge in [0.05, 0.1) is 12.1 Å². The van der Waals surface area contributed by atoms with Gasteiger partial charge in [-0.1, -0.05) is 13.3 Å². The summed E-state index contributed by atoms with van der Waals surface area (Å²) in [5, 5.41) is 13.3. The van der Waals surface area contributed by atoms with Crippen LogP contribution in [0.15, 0.2) is 0 Å². The number of hydrogen-bond acceptors (Lipinski definition) is 4. The summed E-state index contributed by atoms with van der Waals surface area (Å²) in [6.45, 7) is 5.88. The molecular weight excluding hydrogens is 306 g/mol. The summed E-state index contributed by atoms with van der Waals surface area (Å²) in [5.41, 5.74) is 1.88. The van der Waals surface area contributed by atoms with Crippen LogP contribution >= 0.6 is 11.3 Å². The van der Waals surface area contributed by atoms with Gasteiger partial charge in [-0.3, -0.25) is 9.69 Å². The van der Waals surface area contributed by atoms with Crippen LogP contribution in [-0.2, 0) is 17.6 Å². The number of carbonyl (C=O) groups excluding carboxylic acids is 1. The molecule has 4 nitrogen and oxygen atoms in total. The largest absolute Gasteiger partial charge is 0.315 e. The molecule has 0 saturated carbocycles. The Hall–Kier alpha value is -1.38. The summed E-state index contributed by atoms with van der Waals surface area (Å²) < 4.78 is 0. The Balaban J connectivity index is 1.70. The maximum Gasteiger partial charge on any atom is 0.239 e. The van der Waals surface area contributed by atoms with Crippen molar-refractivity contribution in [2.24, 2.45) is 5.92 Å². The highest BCUT2D eigenvalue weighted by molar-refractivity contribution is 7.16. The Morgan fingerprint density at radius 2 is 2.22 bits per heavy atom. The smallest absolute Gasteiger partial charge is 0.239 e. The topological polar surface area (TPSA) is 56.1 Å². The lowest BCUT2D eigenvalue weighted by atomic mass is 9.89. The molecule has 0 bridgehead atoms. The number of thiophene rings is 1. The SMILES string of the molecule is CC1CCc2c(sc(NC(=O)CN3CCCCC3C)c2C#N)C1. The van der Waals surface area contributed by atoms with Crippen LogP contribution in [0.3, 0.4) is 0 Å². The highest BCUT2D eigenvalue weighted by Gasteiger charge is 2.26. The fourth-order valence-corrected chi connectivity index (χ4v) is 5.08. The highest BCUT2D eigenvalue weighted by Crippen LogP contribution is 2.39. The number of piperidine rings is 1. The molecule has 1 saturated heterocycles. The van der Waals surface area contributed by atoms with E-state index in [-0.39, 0.29) is 5.91 Å². The molecule has 1 fully saturated rings. The van der Waals surface area contributed by atoms with Crippen molar-refractivity contribution in [3.8, 4) is 6.07 Å². The summed E-state index contributed by atoms with van der Waals surface area (Å²) >= 11 is 1.61. The van der Waals surface area contributed by atoms with Gasteiger partial charge in [0, 0.05) is 10.9 Å². The quantitative estimate of drug-likeness (QED) is 0.921. The third-order valence-electron chi connectivity index (χ3n) is 5.16. The number of amides is 1. The average Bonchev–Trinajstić information content (AvgIpc) is 2.85. The Morgan fingerprint density at radius 3 is 2.96 bits per heavy atom. The molecule has 1 aromatic heterocycles. The summed E-state index contributed by atoms with van der Waals surface area (Å²) in [5.74, 6) is 0.687. The molecule has 5 heteroatoms. The van der Waals surface area contributed by atoms with E-state index in [1.807, 2.05) is 0 Å². The molecule has 0 radical (unpaired) electrons.